The summed E-state index contributed by atoms with van der Waals surface area (Å²) < 4.78 is 11.1. The molecule has 0 fully saturated rings. The van der Waals surface area contributed by atoms with E-state index in [2.05, 4.69) is 26.2 Å². The average Bonchev–Trinajstić information content (AvgIpc) is 2.22. The van der Waals surface area contributed by atoms with E-state index in [1.807, 2.05) is 13.0 Å². The van der Waals surface area contributed by atoms with Crippen molar-refractivity contribution in [3.8, 4) is 0 Å². The largest absolute Gasteiger partial charge is 0.365 e. The van der Waals surface area contributed by atoms with E-state index >= 15 is 0 Å². The molecular weight excluding hydrogens is 260 g/mol. The zero-order valence-corrected chi connectivity index (χ0v) is 10.7. The highest BCUT2D eigenvalue weighted by molar-refractivity contribution is 9.10. The highest BCUT2D eigenvalue weighted by Gasteiger charge is 2.06. The molecule has 0 bridgehead atoms. The van der Waals surface area contributed by atoms with Gasteiger partial charge in [0.1, 0.15) is 5.82 Å². The van der Waals surface area contributed by atoms with Crippen LogP contribution in [0.1, 0.15) is 5.56 Å². The molecule has 0 saturated heterocycles. The molecule has 0 amide bonds. The van der Waals surface area contributed by atoms with Gasteiger partial charge in [-0.1, -0.05) is 0 Å². The Kier molecular flexibility index (Phi) is 5.01. The number of rotatable bonds is 5. The molecule has 0 aliphatic rings. The van der Waals surface area contributed by atoms with Crippen molar-refractivity contribution < 1.29 is 9.47 Å². The van der Waals surface area contributed by atoms with Crippen molar-refractivity contribution in [2.24, 2.45) is 0 Å². The molecule has 1 N–H and O–H groups in total. The summed E-state index contributed by atoms with van der Waals surface area (Å²) >= 11 is 3.36. The maximum Gasteiger partial charge on any atom is 0.173 e. The SMILES string of the molecule is COC(CNc1ncc(Br)cc1C)OC. The standard InChI is InChI=1S/C10H15BrN2O2/c1-7-4-8(11)5-12-10(7)13-6-9(14-2)15-3/h4-5,9H,6H2,1-3H3,(H,12,13). The third-order valence-corrected chi connectivity index (χ3v) is 2.44. The van der Waals surface area contributed by atoms with Gasteiger partial charge in [-0.25, -0.2) is 4.98 Å². The van der Waals surface area contributed by atoms with Gasteiger partial charge in [-0.05, 0) is 34.5 Å². The third-order valence-electron chi connectivity index (χ3n) is 2.01. The minimum atomic E-state index is -0.255. The number of hydrogen-bond donors (Lipinski definition) is 1. The predicted octanol–water partition coefficient (Wildman–Crippen LogP) is 2.18. The van der Waals surface area contributed by atoms with Crippen LogP contribution in [-0.4, -0.2) is 32.0 Å². The van der Waals surface area contributed by atoms with Gasteiger partial charge in [0.2, 0.25) is 0 Å². The summed E-state index contributed by atoms with van der Waals surface area (Å²) in [6, 6.07) is 2.00. The van der Waals surface area contributed by atoms with E-state index in [0.29, 0.717) is 6.54 Å². The Hall–Kier alpha value is -0.650. The highest BCUT2D eigenvalue weighted by Crippen LogP contribution is 2.16. The van der Waals surface area contributed by atoms with Crippen LogP contribution in [0, 0.1) is 6.92 Å². The van der Waals surface area contributed by atoms with Gasteiger partial charge in [0.25, 0.3) is 0 Å². The molecule has 0 spiro atoms. The fraction of sp³-hybridized carbons (Fsp3) is 0.500. The molecule has 0 unspecified atom stereocenters. The van der Waals surface area contributed by atoms with E-state index in [0.717, 1.165) is 15.9 Å². The molecule has 0 saturated carbocycles. The van der Waals surface area contributed by atoms with Crippen molar-refractivity contribution >= 4 is 21.7 Å². The smallest absolute Gasteiger partial charge is 0.173 e. The number of ether oxygens (including phenoxy) is 2. The van der Waals surface area contributed by atoms with Crippen molar-refractivity contribution in [1.82, 2.24) is 4.98 Å². The zero-order chi connectivity index (χ0) is 11.3. The second-order valence-electron chi connectivity index (χ2n) is 3.10. The molecule has 1 heterocycles. The first-order chi connectivity index (χ1) is 7.17. The lowest BCUT2D eigenvalue weighted by Gasteiger charge is -2.15. The second kappa shape index (κ2) is 6.05. The summed E-state index contributed by atoms with van der Waals surface area (Å²) in [5.74, 6) is 0.845. The first-order valence-corrected chi connectivity index (χ1v) is 5.38. The van der Waals surface area contributed by atoms with Gasteiger partial charge in [-0.2, -0.15) is 0 Å². The van der Waals surface area contributed by atoms with Crippen LogP contribution < -0.4 is 5.32 Å². The molecular formula is C10H15BrN2O2. The van der Waals surface area contributed by atoms with Crippen LogP contribution >= 0.6 is 15.9 Å². The topological polar surface area (TPSA) is 43.4 Å². The minimum absolute atomic E-state index is 0.255. The number of hydrogen-bond acceptors (Lipinski definition) is 4. The number of aromatic nitrogens is 1. The first-order valence-electron chi connectivity index (χ1n) is 4.59. The lowest BCUT2D eigenvalue weighted by Crippen LogP contribution is -2.24. The van der Waals surface area contributed by atoms with Crippen LogP contribution in [0.2, 0.25) is 0 Å². The number of halogens is 1. The van der Waals surface area contributed by atoms with Crippen LogP contribution in [0.4, 0.5) is 5.82 Å². The number of methoxy groups -OCH3 is 2. The number of pyridine rings is 1. The van der Waals surface area contributed by atoms with Crippen LogP contribution in [0.5, 0.6) is 0 Å². The Balaban J connectivity index is 2.57. The van der Waals surface area contributed by atoms with Gasteiger partial charge < -0.3 is 14.8 Å². The summed E-state index contributed by atoms with van der Waals surface area (Å²) in [7, 11) is 3.22. The monoisotopic (exact) mass is 274 g/mol. The maximum absolute atomic E-state index is 5.06. The maximum atomic E-state index is 5.06. The van der Waals surface area contributed by atoms with Crippen LogP contribution in [0.3, 0.4) is 0 Å². The first kappa shape index (κ1) is 12.4. The molecule has 5 heteroatoms. The van der Waals surface area contributed by atoms with Crippen molar-refractivity contribution in [2.45, 2.75) is 13.2 Å². The summed E-state index contributed by atoms with van der Waals surface area (Å²) in [6.07, 6.45) is 1.50. The lowest BCUT2D eigenvalue weighted by molar-refractivity contribution is -0.0914. The fourth-order valence-corrected chi connectivity index (χ4v) is 1.61. The molecule has 1 aromatic heterocycles. The Morgan fingerprint density at radius 1 is 1.47 bits per heavy atom. The van der Waals surface area contributed by atoms with E-state index < -0.39 is 0 Å². The average molecular weight is 275 g/mol. The lowest BCUT2D eigenvalue weighted by atomic mass is 10.3. The summed E-state index contributed by atoms with van der Waals surface area (Å²) in [5.41, 5.74) is 1.08. The Morgan fingerprint density at radius 2 is 2.13 bits per heavy atom. The van der Waals surface area contributed by atoms with Gasteiger partial charge in [-0.3, -0.25) is 0 Å². The quantitative estimate of drug-likeness (QED) is 0.836. The number of aryl methyl sites for hydroxylation is 1. The summed E-state index contributed by atoms with van der Waals surface area (Å²) in [4.78, 5) is 4.25. The van der Waals surface area contributed by atoms with Crippen molar-refractivity contribution in [1.29, 1.82) is 0 Å². The number of anilines is 1. The molecule has 0 aliphatic carbocycles. The molecule has 15 heavy (non-hydrogen) atoms. The van der Waals surface area contributed by atoms with E-state index in [9.17, 15) is 0 Å². The molecule has 4 nitrogen and oxygen atoms in total. The van der Waals surface area contributed by atoms with Crippen LogP contribution in [0.25, 0.3) is 0 Å². The fourth-order valence-electron chi connectivity index (χ4n) is 1.17. The van der Waals surface area contributed by atoms with Gasteiger partial charge in [-0.15, -0.1) is 0 Å². The van der Waals surface area contributed by atoms with Crippen LogP contribution in [-0.2, 0) is 9.47 Å². The van der Waals surface area contributed by atoms with Crippen molar-refractivity contribution in [3.05, 3.63) is 22.3 Å². The summed E-state index contributed by atoms with van der Waals surface area (Å²) in [6.45, 7) is 2.57. The number of nitrogens with one attached hydrogen (secondary N) is 1. The Labute approximate surface area is 98.1 Å². The Morgan fingerprint density at radius 3 is 2.67 bits per heavy atom. The highest BCUT2D eigenvalue weighted by atomic mass is 79.9. The van der Waals surface area contributed by atoms with Crippen LogP contribution in [0.15, 0.2) is 16.7 Å². The Bertz CT molecular complexity index is 316. The molecule has 84 valence electrons. The van der Waals surface area contributed by atoms with E-state index in [4.69, 9.17) is 9.47 Å². The summed E-state index contributed by atoms with van der Waals surface area (Å²) in [5, 5.41) is 3.16. The van der Waals surface area contributed by atoms with E-state index in [1.54, 1.807) is 20.4 Å². The normalized spacial score (nSPS) is 10.7. The molecule has 0 aromatic carbocycles. The van der Waals surface area contributed by atoms with Crippen molar-refractivity contribution in [3.63, 3.8) is 0 Å². The molecule has 1 aromatic rings. The molecule has 1 rings (SSSR count). The molecule has 0 aliphatic heterocycles. The molecule has 0 atom stereocenters. The third kappa shape index (κ3) is 3.77. The molecule has 0 radical (unpaired) electrons. The van der Waals surface area contributed by atoms with Gasteiger partial charge >= 0.3 is 0 Å². The zero-order valence-electron chi connectivity index (χ0n) is 9.08. The van der Waals surface area contributed by atoms with E-state index in [-0.39, 0.29) is 6.29 Å². The van der Waals surface area contributed by atoms with Gasteiger partial charge in [0.05, 0.1) is 6.54 Å². The van der Waals surface area contributed by atoms with E-state index in [1.165, 1.54) is 0 Å². The van der Waals surface area contributed by atoms with Gasteiger partial charge in [0, 0.05) is 24.9 Å². The number of nitrogens with zero attached hydrogens (tertiary/aromatic N) is 1. The second-order valence-corrected chi connectivity index (χ2v) is 4.02. The minimum Gasteiger partial charge on any atom is -0.365 e. The predicted molar refractivity (Wildman–Crippen MR) is 63.0 cm³/mol. The van der Waals surface area contributed by atoms with Gasteiger partial charge in [0.15, 0.2) is 6.29 Å². The van der Waals surface area contributed by atoms with Crippen molar-refractivity contribution in [2.75, 3.05) is 26.1 Å².